The van der Waals surface area contributed by atoms with Crippen LogP contribution in [0, 0.1) is 5.82 Å². The highest BCUT2D eigenvalue weighted by Gasteiger charge is 2.32. The summed E-state index contributed by atoms with van der Waals surface area (Å²) in [4.78, 5) is 56.6. The van der Waals surface area contributed by atoms with E-state index in [-0.39, 0.29) is 40.6 Å². The van der Waals surface area contributed by atoms with Gasteiger partial charge in [0, 0.05) is 43.5 Å². The fourth-order valence-electron chi connectivity index (χ4n) is 5.91. The molecule has 2 aliphatic heterocycles. The molecule has 0 unspecified atom stereocenters. The number of hydrogen-bond acceptors (Lipinski definition) is 5. The molecule has 222 valence electrons. The van der Waals surface area contributed by atoms with Crippen molar-refractivity contribution in [2.75, 3.05) is 26.7 Å². The molecule has 2 amide bonds. The summed E-state index contributed by atoms with van der Waals surface area (Å²) < 4.78 is 21.8. The lowest BCUT2D eigenvalue weighted by molar-refractivity contribution is -0.136. The maximum absolute atomic E-state index is 14.2. The molecule has 0 N–H and O–H groups in total. The number of likely N-dealkylation sites (tertiary alicyclic amines) is 1. The number of aromatic nitrogens is 2. The fourth-order valence-corrected chi connectivity index (χ4v) is 6.14. The van der Waals surface area contributed by atoms with Crippen molar-refractivity contribution in [3.8, 4) is 16.9 Å². The summed E-state index contributed by atoms with van der Waals surface area (Å²) in [6.07, 6.45) is 3.62. The number of methoxy groups -OCH3 is 1. The molecule has 0 atom stereocenters. The predicted molar refractivity (Wildman–Crippen MR) is 157 cm³/mol. The zero-order valence-electron chi connectivity index (χ0n) is 23.9. The lowest BCUT2D eigenvalue weighted by Gasteiger charge is -2.38. The van der Waals surface area contributed by atoms with Crippen molar-refractivity contribution < 1.29 is 18.7 Å². The zero-order chi connectivity index (χ0) is 30.1. The highest BCUT2D eigenvalue weighted by atomic mass is 35.5. The smallest absolute Gasteiger partial charge is 0.331 e. The Morgan fingerprint density at radius 1 is 1.05 bits per heavy atom. The molecule has 1 aromatic heterocycles. The average molecular weight is 597 g/mol. The summed E-state index contributed by atoms with van der Waals surface area (Å²) in [5, 5.41) is -0.228. The Kier molecular flexibility index (Phi) is 8.54. The van der Waals surface area contributed by atoms with Crippen LogP contribution in [0.2, 0.25) is 5.02 Å². The number of benzene rings is 2. The maximum atomic E-state index is 14.2. The van der Waals surface area contributed by atoms with Crippen molar-refractivity contribution in [3.63, 3.8) is 0 Å². The van der Waals surface area contributed by atoms with Gasteiger partial charge in [-0.05, 0) is 62.4 Å². The lowest BCUT2D eigenvalue weighted by atomic mass is 10.0. The number of amides is 2. The van der Waals surface area contributed by atoms with Gasteiger partial charge in [0.05, 0.1) is 24.1 Å². The van der Waals surface area contributed by atoms with Crippen LogP contribution in [0.3, 0.4) is 0 Å². The number of nitrogens with zero attached hydrogens (tertiary/aromatic N) is 4. The number of ether oxygens (including phenoxy) is 1. The molecule has 2 aliphatic rings. The molecular weight excluding hydrogens is 563 g/mol. The van der Waals surface area contributed by atoms with Crippen molar-refractivity contribution in [2.24, 2.45) is 0 Å². The molecule has 1 saturated heterocycles. The third-order valence-electron chi connectivity index (χ3n) is 8.21. The van der Waals surface area contributed by atoms with Gasteiger partial charge in [-0.15, -0.1) is 0 Å². The molecule has 5 rings (SSSR count). The Balaban J connectivity index is 1.30. The van der Waals surface area contributed by atoms with Gasteiger partial charge in [-0.2, -0.15) is 0 Å². The number of rotatable bonds is 6. The number of hydrogen-bond donors (Lipinski definition) is 0. The summed E-state index contributed by atoms with van der Waals surface area (Å²) >= 11 is 6.17. The molecule has 3 heterocycles. The first-order valence-corrected chi connectivity index (χ1v) is 14.5. The van der Waals surface area contributed by atoms with Gasteiger partial charge in [0.15, 0.2) is 0 Å². The minimum atomic E-state index is -0.687. The van der Waals surface area contributed by atoms with Crippen molar-refractivity contribution in [2.45, 2.75) is 58.2 Å². The molecule has 0 radical (unpaired) electrons. The van der Waals surface area contributed by atoms with Crippen LogP contribution in [-0.2, 0) is 29.0 Å². The SMILES string of the molecule is COc1ccc2c(c1)CCN(C1CCN(C(=O)Cn3cc(-c4cccc(F)c4Cl)c(=O)n(C(C)C)c3=O)CC1)C(=O)C2. The molecule has 0 bridgehead atoms. The van der Waals surface area contributed by atoms with Crippen LogP contribution in [0.15, 0.2) is 52.2 Å². The second-order valence-electron chi connectivity index (χ2n) is 11.1. The molecule has 9 nitrogen and oxygen atoms in total. The Morgan fingerprint density at radius 3 is 2.48 bits per heavy atom. The van der Waals surface area contributed by atoms with Gasteiger partial charge in [-0.25, -0.2) is 9.18 Å². The minimum Gasteiger partial charge on any atom is -0.497 e. The lowest BCUT2D eigenvalue weighted by Crippen LogP contribution is -2.50. The van der Waals surface area contributed by atoms with Crippen molar-refractivity contribution in [1.82, 2.24) is 18.9 Å². The molecule has 0 saturated carbocycles. The van der Waals surface area contributed by atoms with E-state index in [0.29, 0.717) is 38.9 Å². The summed E-state index contributed by atoms with van der Waals surface area (Å²) in [5.41, 5.74) is 1.10. The Hall–Kier alpha value is -3.92. The molecular formula is C31H34ClFN4O5. The minimum absolute atomic E-state index is 0.0186. The van der Waals surface area contributed by atoms with Crippen LogP contribution in [-0.4, -0.2) is 63.5 Å². The summed E-state index contributed by atoms with van der Waals surface area (Å²) in [7, 11) is 1.63. The second-order valence-corrected chi connectivity index (χ2v) is 11.5. The van der Waals surface area contributed by atoms with Gasteiger partial charge in [0.1, 0.15) is 18.1 Å². The van der Waals surface area contributed by atoms with E-state index in [2.05, 4.69) is 0 Å². The van der Waals surface area contributed by atoms with Crippen molar-refractivity contribution in [3.05, 3.63) is 85.4 Å². The molecule has 2 aromatic carbocycles. The molecule has 0 aliphatic carbocycles. The number of fused-ring (bicyclic) bond motifs is 1. The van der Waals surface area contributed by atoms with Crippen LogP contribution in [0.5, 0.6) is 5.75 Å². The van der Waals surface area contributed by atoms with E-state index in [9.17, 15) is 23.6 Å². The van der Waals surface area contributed by atoms with Crippen molar-refractivity contribution >= 4 is 23.4 Å². The molecule has 42 heavy (non-hydrogen) atoms. The standard InChI is InChI=1S/C31H34ClFN4O5/c1-19(2)37-30(40)25(24-5-4-6-26(33)29(24)32)17-35(31(37)41)18-28(39)34-12-10-22(11-13-34)36-14-9-21-15-23(42-3)8-7-20(21)16-27(36)38/h4-8,15,17,19,22H,9-14,16,18H2,1-3H3. The first-order chi connectivity index (χ1) is 20.1. The first-order valence-electron chi connectivity index (χ1n) is 14.1. The van der Waals surface area contributed by atoms with Crippen LogP contribution < -0.4 is 16.0 Å². The quantitative estimate of drug-likeness (QED) is 0.433. The van der Waals surface area contributed by atoms with Crippen LogP contribution in [0.1, 0.15) is 43.9 Å². The maximum Gasteiger partial charge on any atom is 0.331 e. The largest absolute Gasteiger partial charge is 0.497 e. The van der Waals surface area contributed by atoms with E-state index in [1.54, 1.807) is 25.9 Å². The topological polar surface area (TPSA) is 93.8 Å². The molecule has 0 spiro atoms. The predicted octanol–water partition coefficient (Wildman–Crippen LogP) is 3.68. The van der Waals surface area contributed by atoms with Gasteiger partial charge in [0.2, 0.25) is 11.8 Å². The third kappa shape index (κ3) is 5.72. The monoisotopic (exact) mass is 596 g/mol. The normalized spacial score (nSPS) is 16.0. The van der Waals surface area contributed by atoms with Gasteiger partial charge in [-0.1, -0.05) is 29.8 Å². The van der Waals surface area contributed by atoms with E-state index in [1.807, 2.05) is 23.1 Å². The third-order valence-corrected chi connectivity index (χ3v) is 8.59. The van der Waals surface area contributed by atoms with E-state index >= 15 is 0 Å². The van der Waals surface area contributed by atoms with Crippen LogP contribution in [0.4, 0.5) is 4.39 Å². The number of halogens is 2. The number of carbonyl (C=O) groups excluding carboxylic acids is 2. The Bertz CT molecular complexity index is 1640. The van der Waals surface area contributed by atoms with Gasteiger partial charge < -0.3 is 14.5 Å². The average Bonchev–Trinajstić information content (AvgIpc) is 3.13. The number of piperidine rings is 1. The first kappa shape index (κ1) is 29.6. The van der Waals surface area contributed by atoms with Gasteiger partial charge in [0.25, 0.3) is 5.56 Å². The highest BCUT2D eigenvalue weighted by Crippen LogP contribution is 2.28. The molecule has 11 heteroatoms. The van der Waals surface area contributed by atoms with Crippen LogP contribution >= 0.6 is 11.6 Å². The molecule has 1 fully saturated rings. The number of carbonyl (C=O) groups is 2. The van der Waals surface area contributed by atoms with Gasteiger partial charge in [-0.3, -0.25) is 23.5 Å². The van der Waals surface area contributed by atoms with E-state index in [4.69, 9.17) is 16.3 Å². The highest BCUT2D eigenvalue weighted by molar-refractivity contribution is 6.33. The van der Waals surface area contributed by atoms with E-state index in [0.717, 1.165) is 27.9 Å². The zero-order valence-corrected chi connectivity index (χ0v) is 24.7. The Morgan fingerprint density at radius 2 is 1.79 bits per heavy atom. The summed E-state index contributed by atoms with van der Waals surface area (Å²) in [6, 6.07) is 9.47. The Labute approximate surface area is 248 Å². The van der Waals surface area contributed by atoms with E-state index in [1.165, 1.54) is 29.0 Å². The summed E-state index contributed by atoms with van der Waals surface area (Å²) in [5.74, 6) is -0.111. The second kappa shape index (κ2) is 12.1. The van der Waals surface area contributed by atoms with E-state index < -0.39 is 23.1 Å². The van der Waals surface area contributed by atoms with Crippen molar-refractivity contribution in [1.29, 1.82) is 0 Å². The van der Waals surface area contributed by atoms with Gasteiger partial charge >= 0.3 is 5.69 Å². The summed E-state index contributed by atoms with van der Waals surface area (Å²) in [6.45, 7) is 4.58. The fraction of sp³-hybridized carbons (Fsp3) is 0.419. The van der Waals surface area contributed by atoms with Crippen LogP contribution in [0.25, 0.3) is 11.1 Å². The molecule has 3 aromatic rings.